The van der Waals surface area contributed by atoms with Crippen molar-refractivity contribution < 1.29 is 17.2 Å². The molecule has 0 atom stereocenters. The van der Waals surface area contributed by atoms with E-state index in [-0.39, 0.29) is 25.4 Å². The summed E-state index contributed by atoms with van der Waals surface area (Å²) in [4.78, 5) is 20.3. The Morgan fingerprint density at radius 1 is 1.17 bits per heavy atom. The number of rotatable bonds is 4. The molecule has 0 saturated heterocycles. The van der Waals surface area contributed by atoms with Gasteiger partial charge in [-0.25, -0.2) is 27.2 Å². The second kappa shape index (κ2) is 7.31. The molecule has 0 radical (unpaired) electrons. The van der Waals surface area contributed by atoms with Gasteiger partial charge in [0.2, 0.25) is 5.95 Å². The van der Waals surface area contributed by atoms with E-state index in [1.54, 1.807) is 0 Å². The number of thiophene rings is 1. The summed E-state index contributed by atoms with van der Waals surface area (Å²) in [7, 11) is -4.18. The summed E-state index contributed by atoms with van der Waals surface area (Å²) >= 11 is 6.52. The maximum absolute atomic E-state index is 15.1. The highest BCUT2D eigenvalue weighted by Gasteiger charge is 2.23. The standard InChI is InChI=1S/C17H10ClF2N5O3S2/c18-12-3-4-13(29-12)30(27,28)24-11-2-1-9(19)15(14(11)20)25-6-5-10-8(16(25)26)7-22-17(21)23-10/h1-7,24H,(H2,21,22,23). The van der Waals surface area contributed by atoms with Gasteiger partial charge in [0.1, 0.15) is 15.7 Å². The lowest BCUT2D eigenvalue weighted by Crippen LogP contribution is -2.22. The maximum atomic E-state index is 15.1. The molecule has 154 valence electrons. The number of nitrogens with zero attached hydrogens (tertiary/aromatic N) is 3. The third kappa shape index (κ3) is 3.49. The lowest BCUT2D eigenvalue weighted by atomic mass is 10.2. The van der Waals surface area contributed by atoms with E-state index >= 15 is 4.39 Å². The summed E-state index contributed by atoms with van der Waals surface area (Å²) in [6.07, 6.45) is 2.25. The highest BCUT2D eigenvalue weighted by molar-refractivity contribution is 7.94. The van der Waals surface area contributed by atoms with Crippen LogP contribution >= 0.6 is 22.9 Å². The molecule has 0 amide bonds. The fraction of sp³-hybridized carbons (Fsp3) is 0. The number of sulfonamides is 1. The molecule has 0 aliphatic heterocycles. The van der Waals surface area contributed by atoms with Gasteiger partial charge in [0.15, 0.2) is 5.82 Å². The Morgan fingerprint density at radius 3 is 2.63 bits per heavy atom. The van der Waals surface area contributed by atoms with Crippen molar-refractivity contribution in [1.82, 2.24) is 14.5 Å². The maximum Gasteiger partial charge on any atom is 0.271 e. The number of benzene rings is 1. The van der Waals surface area contributed by atoms with Crippen LogP contribution in [0.5, 0.6) is 0 Å². The zero-order chi connectivity index (χ0) is 21.6. The van der Waals surface area contributed by atoms with Crippen LogP contribution in [0.25, 0.3) is 16.6 Å². The van der Waals surface area contributed by atoms with E-state index in [4.69, 9.17) is 17.3 Å². The van der Waals surface area contributed by atoms with Crippen LogP contribution < -0.4 is 16.0 Å². The molecule has 0 aliphatic carbocycles. The molecule has 1 aromatic carbocycles. The minimum absolute atomic E-state index is 0.0234. The summed E-state index contributed by atoms with van der Waals surface area (Å²) in [6, 6.07) is 5.71. The molecule has 4 rings (SSSR count). The van der Waals surface area contributed by atoms with Crippen LogP contribution in [0.4, 0.5) is 20.4 Å². The molecule has 13 heteroatoms. The van der Waals surface area contributed by atoms with Gasteiger partial charge in [-0.05, 0) is 30.3 Å². The number of aromatic nitrogens is 3. The highest BCUT2D eigenvalue weighted by atomic mass is 35.5. The largest absolute Gasteiger partial charge is 0.368 e. The number of hydrogen-bond acceptors (Lipinski definition) is 7. The molecule has 0 spiro atoms. The number of nitrogens with two attached hydrogens (primary N) is 1. The molecule has 8 nitrogen and oxygen atoms in total. The lowest BCUT2D eigenvalue weighted by molar-refractivity contribution is 0.568. The molecular formula is C17H10ClF2N5O3S2. The van der Waals surface area contributed by atoms with E-state index in [1.807, 2.05) is 4.72 Å². The summed E-state index contributed by atoms with van der Waals surface area (Å²) in [6.45, 7) is 0. The molecule has 30 heavy (non-hydrogen) atoms. The molecule has 3 heterocycles. The quantitative estimate of drug-likeness (QED) is 0.473. The van der Waals surface area contributed by atoms with Crippen molar-refractivity contribution in [3.63, 3.8) is 0 Å². The molecule has 0 unspecified atom stereocenters. The van der Waals surface area contributed by atoms with Gasteiger partial charge < -0.3 is 5.73 Å². The normalized spacial score (nSPS) is 11.7. The number of nitrogens with one attached hydrogen (secondary N) is 1. The fourth-order valence-electron chi connectivity index (χ4n) is 2.70. The molecule has 0 aliphatic rings. The van der Waals surface area contributed by atoms with Crippen molar-refractivity contribution in [1.29, 1.82) is 0 Å². The zero-order valence-electron chi connectivity index (χ0n) is 14.6. The number of fused-ring (bicyclic) bond motifs is 1. The number of anilines is 2. The Morgan fingerprint density at radius 2 is 1.93 bits per heavy atom. The highest BCUT2D eigenvalue weighted by Crippen LogP contribution is 2.30. The second-order valence-electron chi connectivity index (χ2n) is 5.94. The summed E-state index contributed by atoms with van der Waals surface area (Å²) in [5.41, 5.74) is 3.55. The van der Waals surface area contributed by atoms with Gasteiger partial charge >= 0.3 is 0 Å². The van der Waals surface area contributed by atoms with Crippen LogP contribution in [0.3, 0.4) is 0 Å². The smallest absolute Gasteiger partial charge is 0.271 e. The summed E-state index contributed by atoms with van der Waals surface area (Å²) in [5.74, 6) is -2.42. The molecule has 4 aromatic rings. The molecule has 3 N–H and O–H groups in total. The number of nitrogen functional groups attached to an aromatic ring is 1. The van der Waals surface area contributed by atoms with Crippen LogP contribution in [0.15, 0.2) is 51.7 Å². The molecule has 0 bridgehead atoms. The predicted molar refractivity (Wildman–Crippen MR) is 110 cm³/mol. The van der Waals surface area contributed by atoms with Crippen molar-refractivity contribution in [3.8, 4) is 5.69 Å². The Hall–Kier alpha value is -3.09. The van der Waals surface area contributed by atoms with Gasteiger partial charge in [-0.3, -0.25) is 14.1 Å². The molecular weight excluding hydrogens is 460 g/mol. The monoisotopic (exact) mass is 469 g/mol. The number of pyridine rings is 1. The third-order valence-corrected chi connectivity index (χ3v) is 7.12. The first kappa shape index (κ1) is 20.2. The minimum atomic E-state index is -4.18. The van der Waals surface area contributed by atoms with Crippen molar-refractivity contribution in [2.45, 2.75) is 4.21 Å². The van der Waals surface area contributed by atoms with Gasteiger partial charge in [0.05, 0.1) is 20.9 Å². The van der Waals surface area contributed by atoms with E-state index in [9.17, 15) is 17.6 Å². The first-order chi connectivity index (χ1) is 14.2. The summed E-state index contributed by atoms with van der Waals surface area (Å²) < 4.78 is 57.3. The number of hydrogen-bond donors (Lipinski definition) is 2. The first-order valence-electron chi connectivity index (χ1n) is 8.08. The van der Waals surface area contributed by atoms with Crippen molar-refractivity contribution >= 4 is 55.5 Å². The van der Waals surface area contributed by atoms with Gasteiger partial charge in [0.25, 0.3) is 15.6 Å². The zero-order valence-corrected chi connectivity index (χ0v) is 17.0. The van der Waals surface area contributed by atoms with Crippen LogP contribution in [0, 0.1) is 11.6 Å². The Labute approximate surface area is 176 Å². The average Bonchev–Trinajstić information content (AvgIpc) is 3.13. The SMILES string of the molecule is Nc1ncc2c(=O)n(-c3c(F)ccc(NS(=O)(=O)c4ccc(Cl)s4)c3F)ccc2n1. The van der Waals surface area contributed by atoms with E-state index in [2.05, 4.69) is 9.97 Å². The Bertz CT molecular complexity index is 1470. The van der Waals surface area contributed by atoms with Gasteiger partial charge in [-0.2, -0.15) is 0 Å². The van der Waals surface area contributed by atoms with E-state index in [0.717, 1.165) is 35.9 Å². The topological polar surface area (TPSA) is 120 Å². The van der Waals surface area contributed by atoms with Gasteiger partial charge in [-0.1, -0.05) is 11.6 Å². The molecule has 0 fully saturated rings. The van der Waals surface area contributed by atoms with Crippen molar-refractivity contribution in [2.24, 2.45) is 0 Å². The van der Waals surface area contributed by atoms with Crippen LogP contribution in [-0.2, 0) is 10.0 Å². The predicted octanol–water partition coefficient (Wildman–Crippen LogP) is 3.16. The van der Waals surface area contributed by atoms with Crippen molar-refractivity contribution in [2.75, 3.05) is 10.5 Å². The fourth-order valence-corrected chi connectivity index (χ4v) is 5.24. The minimum Gasteiger partial charge on any atom is -0.368 e. The molecule has 3 aromatic heterocycles. The van der Waals surface area contributed by atoms with E-state index in [1.165, 1.54) is 18.2 Å². The van der Waals surface area contributed by atoms with E-state index in [0.29, 0.717) is 4.57 Å². The Balaban J connectivity index is 1.85. The molecule has 0 saturated carbocycles. The Kier molecular flexibility index (Phi) is 4.92. The van der Waals surface area contributed by atoms with Crippen molar-refractivity contribution in [3.05, 3.63) is 69.1 Å². The average molecular weight is 470 g/mol. The van der Waals surface area contributed by atoms with E-state index < -0.39 is 38.6 Å². The number of halogens is 3. The second-order valence-corrected chi connectivity index (χ2v) is 9.56. The van der Waals surface area contributed by atoms with Gasteiger partial charge in [0, 0.05) is 12.4 Å². The van der Waals surface area contributed by atoms with Crippen LogP contribution in [0.2, 0.25) is 4.34 Å². The summed E-state index contributed by atoms with van der Waals surface area (Å²) in [5, 5.41) is -0.0234. The lowest BCUT2D eigenvalue weighted by Gasteiger charge is -2.13. The first-order valence-corrected chi connectivity index (χ1v) is 10.8. The van der Waals surface area contributed by atoms with Gasteiger partial charge in [-0.15, -0.1) is 11.3 Å². The van der Waals surface area contributed by atoms with Crippen LogP contribution in [0.1, 0.15) is 0 Å². The van der Waals surface area contributed by atoms with Crippen LogP contribution in [-0.4, -0.2) is 23.0 Å². The third-order valence-electron chi connectivity index (χ3n) is 4.03.